The number of anilines is 1. The number of ether oxygens (including phenoxy) is 1. The summed E-state index contributed by atoms with van der Waals surface area (Å²) in [7, 11) is 0. The number of rotatable bonds is 1. The molecule has 1 aliphatic heterocycles. The average Bonchev–Trinajstić information content (AvgIpc) is 2.48. The lowest BCUT2D eigenvalue weighted by Crippen LogP contribution is -2.46. The second kappa shape index (κ2) is 6.27. The van der Waals surface area contributed by atoms with E-state index in [9.17, 15) is 9.59 Å². The maximum absolute atomic E-state index is 12.2. The summed E-state index contributed by atoms with van der Waals surface area (Å²) in [5.74, 6) is 0.200. The van der Waals surface area contributed by atoms with E-state index in [2.05, 4.69) is 26.6 Å². The van der Waals surface area contributed by atoms with E-state index in [-0.39, 0.29) is 5.91 Å². The van der Waals surface area contributed by atoms with Crippen molar-refractivity contribution >= 4 is 45.4 Å². The van der Waals surface area contributed by atoms with Gasteiger partial charge in [0.1, 0.15) is 11.6 Å². The van der Waals surface area contributed by atoms with Crippen molar-refractivity contribution in [3.63, 3.8) is 0 Å². The molecule has 0 aliphatic carbocycles. The molecule has 0 saturated heterocycles. The Morgan fingerprint density at radius 3 is 2.86 bits per heavy atom. The zero-order valence-electron chi connectivity index (χ0n) is 12.0. The van der Waals surface area contributed by atoms with Crippen molar-refractivity contribution in [3.8, 4) is 0 Å². The van der Waals surface area contributed by atoms with Gasteiger partial charge in [0.05, 0.1) is 5.69 Å². The Bertz CT molecular complexity index is 572. The van der Waals surface area contributed by atoms with Crippen LogP contribution in [-0.2, 0) is 9.53 Å². The molecule has 0 aromatic heterocycles. The molecule has 1 aromatic rings. The first kappa shape index (κ1) is 16.2. The number of amides is 2. The number of benzene rings is 1. The van der Waals surface area contributed by atoms with Crippen LogP contribution in [0.1, 0.15) is 20.8 Å². The van der Waals surface area contributed by atoms with Crippen molar-refractivity contribution in [1.82, 2.24) is 5.32 Å². The van der Waals surface area contributed by atoms with Gasteiger partial charge in [0.2, 0.25) is 5.91 Å². The summed E-state index contributed by atoms with van der Waals surface area (Å²) in [6.07, 6.45) is -0.590. The number of alkyl carbamates (subject to hydrolysis) is 1. The number of carbonyl (C=O) groups excluding carboxylic acids is 2. The molecular formula is C14H17BrN2O3S. The second-order valence-electron chi connectivity index (χ2n) is 5.62. The fourth-order valence-corrected chi connectivity index (χ4v) is 3.53. The van der Waals surface area contributed by atoms with Crippen LogP contribution in [0.4, 0.5) is 10.5 Å². The molecular weight excluding hydrogens is 356 g/mol. The molecule has 1 heterocycles. The van der Waals surface area contributed by atoms with E-state index in [1.165, 1.54) is 11.8 Å². The lowest BCUT2D eigenvalue weighted by Gasteiger charge is -2.22. The maximum Gasteiger partial charge on any atom is 0.408 e. The van der Waals surface area contributed by atoms with Crippen molar-refractivity contribution in [2.75, 3.05) is 11.1 Å². The third kappa shape index (κ3) is 4.38. The predicted octanol–water partition coefficient (Wildman–Crippen LogP) is 3.39. The van der Waals surface area contributed by atoms with Gasteiger partial charge in [-0.25, -0.2) is 4.79 Å². The molecule has 2 rings (SSSR count). The second-order valence-corrected chi connectivity index (χ2v) is 7.50. The van der Waals surface area contributed by atoms with E-state index < -0.39 is 17.7 Å². The first-order chi connectivity index (χ1) is 9.76. The fourth-order valence-electron chi connectivity index (χ4n) is 1.77. The van der Waals surface area contributed by atoms with Crippen molar-refractivity contribution in [2.24, 2.45) is 0 Å². The van der Waals surface area contributed by atoms with Gasteiger partial charge in [0, 0.05) is 15.1 Å². The highest BCUT2D eigenvalue weighted by molar-refractivity contribution is 9.10. The first-order valence-corrected chi connectivity index (χ1v) is 8.26. The smallest absolute Gasteiger partial charge is 0.408 e. The molecule has 114 valence electrons. The summed E-state index contributed by atoms with van der Waals surface area (Å²) in [6, 6.07) is 4.97. The molecule has 21 heavy (non-hydrogen) atoms. The van der Waals surface area contributed by atoms with Gasteiger partial charge < -0.3 is 15.4 Å². The van der Waals surface area contributed by atoms with Crippen LogP contribution in [0.2, 0.25) is 0 Å². The normalized spacial score (nSPS) is 18.3. The number of hydrogen-bond donors (Lipinski definition) is 2. The number of thioether (sulfide) groups is 1. The van der Waals surface area contributed by atoms with Crippen LogP contribution in [-0.4, -0.2) is 29.4 Å². The quantitative estimate of drug-likeness (QED) is 0.792. The Morgan fingerprint density at radius 2 is 2.19 bits per heavy atom. The SMILES string of the molecule is CC(C)(C)OC(=O)N[C@H]1CSc2c(Br)cccc2NC1=O. The van der Waals surface area contributed by atoms with Gasteiger partial charge in [-0.05, 0) is 48.8 Å². The third-order valence-corrected chi connectivity index (χ3v) is 4.78. The lowest BCUT2D eigenvalue weighted by molar-refractivity contribution is -0.117. The first-order valence-electron chi connectivity index (χ1n) is 6.48. The summed E-state index contributed by atoms with van der Waals surface area (Å²) in [6.45, 7) is 5.34. The summed E-state index contributed by atoms with van der Waals surface area (Å²) >= 11 is 4.97. The summed E-state index contributed by atoms with van der Waals surface area (Å²) in [5, 5.41) is 5.43. The predicted molar refractivity (Wildman–Crippen MR) is 86.7 cm³/mol. The highest BCUT2D eigenvalue weighted by Crippen LogP contribution is 2.36. The summed E-state index contributed by atoms with van der Waals surface area (Å²) in [5.41, 5.74) is 0.151. The van der Waals surface area contributed by atoms with Crippen LogP contribution in [0.15, 0.2) is 27.6 Å². The van der Waals surface area contributed by atoms with Gasteiger partial charge in [0.25, 0.3) is 0 Å². The Labute approximate surface area is 136 Å². The van der Waals surface area contributed by atoms with Crippen LogP contribution in [0.3, 0.4) is 0 Å². The third-order valence-electron chi connectivity index (χ3n) is 2.63. The molecule has 0 unspecified atom stereocenters. The maximum atomic E-state index is 12.2. The highest BCUT2D eigenvalue weighted by atomic mass is 79.9. The van der Waals surface area contributed by atoms with Crippen LogP contribution >= 0.6 is 27.7 Å². The van der Waals surface area contributed by atoms with Crippen molar-refractivity contribution in [1.29, 1.82) is 0 Å². The molecule has 0 bridgehead atoms. The van der Waals surface area contributed by atoms with Crippen LogP contribution in [0, 0.1) is 0 Å². The van der Waals surface area contributed by atoms with Gasteiger partial charge >= 0.3 is 6.09 Å². The van der Waals surface area contributed by atoms with E-state index in [1.54, 1.807) is 20.8 Å². The van der Waals surface area contributed by atoms with Crippen molar-refractivity contribution in [3.05, 3.63) is 22.7 Å². The summed E-state index contributed by atoms with van der Waals surface area (Å²) in [4.78, 5) is 24.9. The van der Waals surface area contributed by atoms with Gasteiger partial charge in [-0.15, -0.1) is 11.8 Å². The molecule has 0 spiro atoms. The zero-order valence-corrected chi connectivity index (χ0v) is 14.4. The van der Waals surface area contributed by atoms with E-state index in [4.69, 9.17) is 4.74 Å². The van der Waals surface area contributed by atoms with Crippen molar-refractivity contribution < 1.29 is 14.3 Å². The molecule has 0 radical (unpaired) electrons. The molecule has 2 N–H and O–H groups in total. The molecule has 5 nitrogen and oxygen atoms in total. The largest absolute Gasteiger partial charge is 0.444 e. The van der Waals surface area contributed by atoms with E-state index in [1.807, 2.05) is 18.2 Å². The van der Waals surface area contributed by atoms with Crippen LogP contribution in [0.5, 0.6) is 0 Å². The standard InChI is InChI=1S/C14H17BrN2O3S/c1-14(2,3)20-13(19)17-10-7-21-11-8(15)5-4-6-9(11)16-12(10)18/h4-6,10H,7H2,1-3H3,(H,16,18)(H,17,19)/t10-/m0/s1. The van der Waals surface area contributed by atoms with E-state index in [0.717, 1.165) is 15.1 Å². The Kier molecular flexibility index (Phi) is 4.83. The average molecular weight is 373 g/mol. The number of nitrogens with one attached hydrogen (secondary N) is 2. The molecule has 2 amide bonds. The van der Waals surface area contributed by atoms with E-state index >= 15 is 0 Å². The number of hydrogen-bond acceptors (Lipinski definition) is 4. The molecule has 0 fully saturated rings. The Morgan fingerprint density at radius 1 is 1.48 bits per heavy atom. The minimum Gasteiger partial charge on any atom is -0.444 e. The molecule has 1 atom stereocenters. The number of carbonyl (C=O) groups is 2. The molecule has 1 aromatic carbocycles. The number of fused-ring (bicyclic) bond motifs is 1. The minimum absolute atomic E-state index is 0.245. The van der Waals surface area contributed by atoms with Crippen LogP contribution < -0.4 is 10.6 Å². The fraction of sp³-hybridized carbons (Fsp3) is 0.429. The van der Waals surface area contributed by atoms with Crippen LogP contribution in [0.25, 0.3) is 0 Å². The monoisotopic (exact) mass is 372 g/mol. The molecule has 1 aliphatic rings. The Balaban J connectivity index is 2.07. The van der Waals surface area contributed by atoms with E-state index in [0.29, 0.717) is 5.75 Å². The van der Waals surface area contributed by atoms with Gasteiger partial charge in [-0.3, -0.25) is 4.79 Å². The molecule has 0 saturated carbocycles. The topological polar surface area (TPSA) is 67.4 Å². The highest BCUT2D eigenvalue weighted by Gasteiger charge is 2.28. The summed E-state index contributed by atoms with van der Waals surface area (Å²) < 4.78 is 6.10. The van der Waals surface area contributed by atoms with Gasteiger partial charge in [-0.1, -0.05) is 6.07 Å². The van der Waals surface area contributed by atoms with Gasteiger partial charge in [0.15, 0.2) is 0 Å². The molecule has 7 heteroatoms. The zero-order chi connectivity index (χ0) is 15.6. The van der Waals surface area contributed by atoms with Crippen molar-refractivity contribution in [2.45, 2.75) is 37.3 Å². The van der Waals surface area contributed by atoms with Gasteiger partial charge in [-0.2, -0.15) is 0 Å². The minimum atomic E-state index is -0.635. The number of halogens is 1. The lowest BCUT2D eigenvalue weighted by atomic mass is 10.2. The Hall–Kier alpha value is -1.21.